The number of aromatic nitrogens is 2. The Morgan fingerprint density at radius 3 is 3.05 bits per heavy atom. The monoisotopic (exact) mass is 303 g/mol. The Morgan fingerprint density at radius 2 is 2.19 bits per heavy atom. The van der Waals surface area contributed by atoms with Crippen LogP contribution in [0.3, 0.4) is 0 Å². The van der Waals surface area contributed by atoms with Gasteiger partial charge in [-0.1, -0.05) is 0 Å². The van der Waals surface area contributed by atoms with Gasteiger partial charge in [0, 0.05) is 24.6 Å². The molecule has 112 valence electrons. The lowest BCUT2D eigenvalue weighted by Gasteiger charge is -2.33. The minimum Gasteiger partial charge on any atom is -0.396 e. The molecule has 1 atom stereocenters. The molecule has 0 aromatic carbocycles. The molecule has 0 unspecified atom stereocenters. The molecule has 0 bridgehead atoms. The van der Waals surface area contributed by atoms with E-state index in [4.69, 9.17) is 4.98 Å². The number of nitrogens with zero attached hydrogens (tertiary/aromatic N) is 3. The lowest BCUT2D eigenvalue weighted by Crippen LogP contribution is -2.37. The Balaban J connectivity index is 1.83. The zero-order valence-corrected chi connectivity index (χ0v) is 13.2. The van der Waals surface area contributed by atoms with Crippen molar-refractivity contribution in [3.05, 3.63) is 16.3 Å². The second kappa shape index (κ2) is 5.21. The lowest BCUT2D eigenvalue weighted by molar-refractivity contribution is 0.208. The summed E-state index contributed by atoms with van der Waals surface area (Å²) >= 11 is 1.86. The highest BCUT2D eigenvalue weighted by atomic mass is 32.1. The van der Waals surface area contributed by atoms with Crippen LogP contribution in [0.1, 0.15) is 35.5 Å². The number of aryl methyl sites for hydroxylation is 3. The van der Waals surface area contributed by atoms with E-state index in [1.165, 1.54) is 35.1 Å². The SMILES string of the molecule is Cc1nc(N2CCC[C@H](CO)C2)c2c3c(sc2n1)CCC3. The summed E-state index contributed by atoms with van der Waals surface area (Å²) in [5.41, 5.74) is 1.50. The standard InChI is InChI=1S/C16H21N3OS/c1-10-17-15(19-7-3-4-11(8-19)9-20)14-12-5-2-6-13(12)21-16(14)18-10/h11,20H,2-9H2,1H3/t11-/m0/s1. The second-order valence-corrected chi connectivity index (χ2v) is 7.35. The van der Waals surface area contributed by atoms with Crippen LogP contribution in [0.4, 0.5) is 5.82 Å². The van der Waals surface area contributed by atoms with E-state index in [1.807, 2.05) is 18.3 Å². The van der Waals surface area contributed by atoms with E-state index < -0.39 is 0 Å². The van der Waals surface area contributed by atoms with Gasteiger partial charge in [0.15, 0.2) is 0 Å². The third-order valence-corrected chi connectivity index (χ3v) is 5.92. The highest BCUT2D eigenvalue weighted by Crippen LogP contribution is 2.41. The minimum absolute atomic E-state index is 0.283. The van der Waals surface area contributed by atoms with Crippen molar-refractivity contribution in [2.75, 3.05) is 24.6 Å². The molecule has 1 aliphatic heterocycles. The molecule has 3 heterocycles. The summed E-state index contributed by atoms with van der Waals surface area (Å²) in [5, 5.41) is 10.8. The fourth-order valence-electron chi connectivity index (χ4n) is 3.72. The molecule has 4 rings (SSSR count). The van der Waals surface area contributed by atoms with Gasteiger partial charge in [-0.25, -0.2) is 9.97 Å². The zero-order chi connectivity index (χ0) is 14.4. The Morgan fingerprint density at radius 1 is 1.29 bits per heavy atom. The van der Waals surface area contributed by atoms with Gasteiger partial charge in [-0.15, -0.1) is 11.3 Å². The largest absolute Gasteiger partial charge is 0.396 e. The van der Waals surface area contributed by atoms with Crippen LogP contribution in [-0.2, 0) is 12.8 Å². The van der Waals surface area contributed by atoms with E-state index in [-0.39, 0.29) is 6.61 Å². The molecule has 0 spiro atoms. The van der Waals surface area contributed by atoms with Crippen LogP contribution in [0.25, 0.3) is 10.2 Å². The summed E-state index contributed by atoms with van der Waals surface area (Å²) in [6, 6.07) is 0. The average molecular weight is 303 g/mol. The number of anilines is 1. The first-order valence-electron chi connectivity index (χ1n) is 7.91. The number of thiophene rings is 1. The van der Waals surface area contributed by atoms with Gasteiger partial charge in [-0.3, -0.25) is 0 Å². The van der Waals surface area contributed by atoms with Gasteiger partial charge in [0.25, 0.3) is 0 Å². The molecule has 2 aliphatic rings. The predicted octanol–water partition coefficient (Wildman–Crippen LogP) is 2.70. The van der Waals surface area contributed by atoms with Gasteiger partial charge in [0.2, 0.25) is 0 Å². The van der Waals surface area contributed by atoms with E-state index in [1.54, 1.807) is 0 Å². The van der Waals surface area contributed by atoms with Crippen molar-refractivity contribution in [1.82, 2.24) is 9.97 Å². The molecule has 4 nitrogen and oxygen atoms in total. The molecule has 0 radical (unpaired) electrons. The molecule has 0 saturated carbocycles. The normalized spacial score (nSPS) is 22.0. The summed E-state index contributed by atoms with van der Waals surface area (Å²) in [5.74, 6) is 2.37. The Labute approximate surface area is 128 Å². The molecule has 1 saturated heterocycles. The van der Waals surface area contributed by atoms with E-state index in [0.717, 1.165) is 42.4 Å². The van der Waals surface area contributed by atoms with Gasteiger partial charge < -0.3 is 10.0 Å². The summed E-state index contributed by atoms with van der Waals surface area (Å²) < 4.78 is 0. The van der Waals surface area contributed by atoms with Crippen LogP contribution in [0.2, 0.25) is 0 Å². The van der Waals surface area contributed by atoms with Gasteiger partial charge in [0.1, 0.15) is 16.5 Å². The Bertz CT molecular complexity index is 682. The van der Waals surface area contributed by atoms with Crippen LogP contribution >= 0.6 is 11.3 Å². The maximum absolute atomic E-state index is 9.48. The minimum atomic E-state index is 0.283. The predicted molar refractivity (Wildman–Crippen MR) is 86.2 cm³/mol. The highest BCUT2D eigenvalue weighted by Gasteiger charge is 2.27. The third-order valence-electron chi connectivity index (χ3n) is 4.73. The van der Waals surface area contributed by atoms with E-state index in [9.17, 15) is 5.11 Å². The highest BCUT2D eigenvalue weighted by molar-refractivity contribution is 7.19. The van der Waals surface area contributed by atoms with Gasteiger partial charge in [-0.2, -0.15) is 0 Å². The lowest BCUT2D eigenvalue weighted by atomic mass is 9.98. The first-order chi connectivity index (χ1) is 10.3. The van der Waals surface area contributed by atoms with Crippen LogP contribution in [0.5, 0.6) is 0 Å². The van der Waals surface area contributed by atoms with E-state index in [0.29, 0.717) is 5.92 Å². The molecule has 0 amide bonds. The fourth-order valence-corrected chi connectivity index (χ4v) is 5.02. The molecular formula is C16H21N3OS. The third kappa shape index (κ3) is 2.23. The van der Waals surface area contributed by atoms with Crippen molar-refractivity contribution >= 4 is 27.4 Å². The maximum Gasteiger partial charge on any atom is 0.141 e. The first kappa shape index (κ1) is 13.5. The molecule has 1 aliphatic carbocycles. The molecule has 1 fully saturated rings. The maximum atomic E-state index is 9.48. The van der Waals surface area contributed by atoms with Crippen molar-refractivity contribution in [2.24, 2.45) is 5.92 Å². The molecule has 21 heavy (non-hydrogen) atoms. The van der Waals surface area contributed by atoms with Crippen LogP contribution in [0.15, 0.2) is 0 Å². The molecule has 5 heteroatoms. The molecular weight excluding hydrogens is 282 g/mol. The van der Waals surface area contributed by atoms with Crippen LogP contribution < -0.4 is 4.90 Å². The number of piperidine rings is 1. The average Bonchev–Trinajstić information content (AvgIpc) is 3.06. The van der Waals surface area contributed by atoms with Crippen LogP contribution in [-0.4, -0.2) is 34.8 Å². The fraction of sp³-hybridized carbons (Fsp3) is 0.625. The Kier molecular flexibility index (Phi) is 3.34. The summed E-state index contributed by atoms with van der Waals surface area (Å²) in [4.78, 5) is 14.5. The Hall–Kier alpha value is -1.20. The van der Waals surface area contributed by atoms with Crippen molar-refractivity contribution < 1.29 is 5.11 Å². The van der Waals surface area contributed by atoms with Crippen molar-refractivity contribution in [3.63, 3.8) is 0 Å². The van der Waals surface area contributed by atoms with Crippen LogP contribution in [0, 0.1) is 12.8 Å². The van der Waals surface area contributed by atoms with Gasteiger partial charge >= 0.3 is 0 Å². The number of fused-ring (bicyclic) bond motifs is 3. The van der Waals surface area contributed by atoms with Crippen molar-refractivity contribution in [2.45, 2.75) is 39.0 Å². The second-order valence-electron chi connectivity index (χ2n) is 6.27. The van der Waals surface area contributed by atoms with Gasteiger partial charge in [0.05, 0.1) is 5.39 Å². The van der Waals surface area contributed by atoms with Crippen molar-refractivity contribution in [1.29, 1.82) is 0 Å². The van der Waals surface area contributed by atoms with Crippen molar-refractivity contribution in [3.8, 4) is 0 Å². The quantitative estimate of drug-likeness (QED) is 0.927. The topological polar surface area (TPSA) is 49.2 Å². The number of hydrogen-bond acceptors (Lipinski definition) is 5. The van der Waals surface area contributed by atoms with E-state index >= 15 is 0 Å². The smallest absolute Gasteiger partial charge is 0.141 e. The summed E-state index contributed by atoms with van der Waals surface area (Å²) in [7, 11) is 0. The first-order valence-corrected chi connectivity index (χ1v) is 8.72. The summed E-state index contributed by atoms with van der Waals surface area (Å²) in [6.45, 7) is 4.24. The zero-order valence-electron chi connectivity index (χ0n) is 12.4. The van der Waals surface area contributed by atoms with Gasteiger partial charge in [-0.05, 0) is 50.5 Å². The number of hydrogen-bond donors (Lipinski definition) is 1. The van der Waals surface area contributed by atoms with E-state index in [2.05, 4.69) is 9.88 Å². The summed E-state index contributed by atoms with van der Waals surface area (Å²) in [6.07, 6.45) is 5.91. The molecule has 2 aromatic heterocycles. The number of rotatable bonds is 2. The molecule has 1 N–H and O–H groups in total. The number of aliphatic hydroxyl groups excluding tert-OH is 1. The number of aliphatic hydroxyl groups is 1. The molecule has 2 aromatic rings.